The van der Waals surface area contributed by atoms with Gasteiger partial charge in [-0.1, -0.05) is 0 Å². The number of sulfonamides is 1. The van der Waals surface area contributed by atoms with Gasteiger partial charge in [0.05, 0.1) is 12.5 Å². The highest BCUT2D eigenvalue weighted by Gasteiger charge is 2.03. The van der Waals surface area contributed by atoms with E-state index in [9.17, 15) is 13.2 Å². The topological polar surface area (TPSA) is 116 Å². The van der Waals surface area contributed by atoms with Gasteiger partial charge >= 0.3 is 6.03 Å². The molecule has 114 valence electrons. The predicted octanol–water partition coefficient (Wildman–Crippen LogP) is -0.501. The molecule has 0 fully saturated rings. The molecule has 0 aromatic carbocycles. The molecule has 1 aromatic rings. The number of carbonyl (C=O) groups is 1. The van der Waals surface area contributed by atoms with Crippen molar-refractivity contribution >= 4 is 16.1 Å². The Labute approximate surface area is 118 Å². The van der Waals surface area contributed by atoms with Gasteiger partial charge in [-0.05, 0) is 25.3 Å². The number of aryl methyl sites for hydroxylation is 2. The van der Waals surface area contributed by atoms with Crippen LogP contribution in [0.1, 0.15) is 17.7 Å². The lowest BCUT2D eigenvalue weighted by atomic mass is 10.1. The molecule has 0 aliphatic carbocycles. The van der Waals surface area contributed by atoms with Crippen LogP contribution in [0.5, 0.6) is 0 Å². The van der Waals surface area contributed by atoms with Crippen molar-refractivity contribution in [3.63, 3.8) is 0 Å². The number of amides is 2. The number of hydrogen-bond donors (Lipinski definition) is 4. The average Bonchev–Trinajstić information content (AvgIpc) is 2.75. The maximum absolute atomic E-state index is 11.4. The molecule has 0 spiro atoms. The fraction of sp³-hybridized carbons (Fsp3) is 0.636. The van der Waals surface area contributed by atoms with E-state index in [1.807, 2.05) is 6.92 Å². The van der Waals surface area contributed by atoms with Crippen molar-refractivity contribution < 1.29 is 13.2 Å². The fourth-order valence-electron chi connectivity index (χ4n) is 1.58. The van der Waals surface area contributed by atoms with E-state index in [0.29, 0.717) is 6.54 Å². The van der Waals surface area contributed by atoms with Gasteiger partial charge in [0.1, 0.15) is 0 Å². The predicted molar refractivity (Wildman–Crippen MR) is 75.9 cm³/mol. The van der Waals surface area contributed by atoms with Crippen molar-refractivity contribution in [3.8, 4) is 0 Å². The molecule has 0 unspecified atom stereocenters. The maximum atomic E-state index is 11.4. The first-order valence-electron chi connectivity index (χ1n) is 6.33. The van der Waals surface area contributed by atoms with Gasteiger partial charge in [-0.3, -0.25) is 5.10 Å². The highest BCUT2D eigenvalue weighted by atomic mass is 32.2. The first-order valence-corrected chi connectivity index (χ1v) is 8.23. The Morgan fingerprint density at radius 1 is 1.30 bits per heavy atom. The molecule has 0 radical (unpaired) electrons. The number of nitrogens with zero attached hydrogens (tertiary/aromatic N) is 1. The van der Waals surface area contributed by atoms with Gasteiger partial charge in [-0.15, -0.1) is 0 Å². The van der Waals surface area contributed by atoms with Crippen LogP contribution < -0.4 is 15.4 Å². The SMILES string of the molecule is Cc1[nH]ncc1CCCNC(=O)NCCNS(C)(=O)=O. The Morgan fingerprint density at radius 2 is 2.00 bits per heavy atom. The number of urea groups is 1. The Bertz CT molecular complexity index is 526. The Kier molecular flexibility index (Phi) is 6.46. The van der Waals surface area contributed by atoms with Crippen molar-refractivity contribution in [2.75, 3.05) is 25.9 Å². The molecule has 20 heavy (non-hydrogen) atoms. The lowest BCUT2D eigenvalue weighted by Crippen LogP contribution is -2.40. The van der Waals surface area contributed by atoms with Crippen molar-refractivity contribution in [1.29, 1.82) is 0 Å². The summed E-state index contributed by atoms with van der Waals surface area (Å²) in [7, 11) is -3.20. The van der Waals surface area contributed by atoms with E-state index in [1.54, 1.807) is 6.20 Å². The molecule has 8 nitrogen and oxygen atoms in total. The zero-order valence-corrected chi connectivity index (χ0v) is 12.5. The molecule has 0 saturated carbocycles. The summed E-state index contributed by atoms with van der Waals surface area (Å²) < 4.78 is 23.8. The smallest absolute Gasteiger partial charge is 0.314 e. The summed E-state index contributed by atoms with van der Waals surface area (Å²) in [4.78, 5) is 11.4. The minimum absolute atomic E-state index is 0.181. The minimum Gasteiger partial charge on any atom is -0.338 e. The molecule has 0 aliphatic heterocycles. The third-order valence-corrected chi connectivity index (χ3v) is 3.35. The first-order chi connectivity index (χ1) is 9.38. The fourth-order valence-corrected chi connectivity index (χ4v) is 2.06. The highest BCUT2D eigenvalue weighted by Crippen LogP contribution is 2.04. The van der Waals surface area contributed by atoms with Crippen molar-refractivity contribution in [1.82, 2.24) is 25.6 Å². The summed E-state index contributed by atoms with van der Waals surface area (Å²) in [6.45, 7) is 2.94. The van der Waals surface area contributed by atoms with Crippen LogP contribution in [0, 0.1) is 6.92 Å². The second kappa shape index (κ2) is 7.85. The maximum Gasteiger partial charge on any atom is 0.314 e. The standard InChI is InChI=1S/C11H21N5O3S/c1-9-10(8-14-16-9)4-3-5-12-11(17)13-6-7-15-20(2,18)19/h8,15H,3-7H2,1-2H3,(H,14,16)(H2,12,13,17). The number of hydrogen-bond acceptors (Lipinski definition) is 4. The first kappa shape index (κ1) is 16.4. The molecule has 0 saturated heterocycles. The Morgan fingerprint density at radius 3 is 2.60 bits per heavy atom. The molecule has 2 amide bonds. The van der Waals surface area contributed by atoms with Crippen LogP contribution in [-0.2, 0) is 16.4 Å². The van der Waals surface area contributed by atoms with Crippen LogP contribution >= 0.6 is 0 Å². The molecule has 0 atom stereocenters. The second-order valence-corrected chi connectivity index (χ2v) is 6.31. The van der Waals surface area contributed by atoms with Gasteiger partial charge in [0.2, 0.25) is 10.0 Å². The van der Waals surface area contributed by atoms with Crippen LogP contribution in [0.2, 0.25) is 0 Å². The zero-order chi connectivity index (χ0) is 15.0. The number of aromatic amines is 1. The van der Waals surface area contributed by atoms with E-state index in [1.165, 1.54) is 0 Å². The molecule has 9 heteroatoms. The van der Waals surface area contributed by atoms with Gasteiger partial charge in [-0.2, -0.15) is 5.10 Å². The summed E-state index contributed by atoms with van der Waals surface area (Å²) >= 11 is 0. The van der Waals surface area contributed by atoms with Gasteiger partial charge in [-0.25, -0.2) is 17.9 Å². The third kappa shape index (κ3) is 7.10. The van der Waals surface area contributed by atoms with Crippen molar-refractivity contribution in [3.05, 3.63) is 17.5 Å². The van der Waals surface area contributed by atoms with Crippen LogP contribution in [0.25, 0.3) is 0 Å². The summed E-state index contributed by atoms with van der Waals surface area (Å²) in [6, 6.07) is -0.302. The minimum atomic E-state index is -3.20. The number of H-pyrrole nitrogens is 1. The average molecular weight is 303 g/mol. The molecule has 1 rings (SSSR count). The lowest BCUT2D eigenvalue weighted by molar-refractivity contribution is 0.241. The van der Waals surface area contributed by atoms with Crippen LogP contribution in [-0.4, -0.2) is 50.5 Å². The van der Waals surface area contributed by atoms with Gasteiger partial charge in [0, 0.05) is 25.3 Å². The van der Waals surface area contributed by atoms with E-state index < -0.39 is 10.0 Å². The van der Waals surface area contributed by atoms with Gasteiger partial charge in [0.25, 0.3) is 0 Å². The third-order valence-electron chi connectivity index (χ3n) is 2.62. The van der Waals surface area contributed by atoms with Gasteiger partial charge in [0.15, 0.2) is 0 Å². The number of nitrogens with one attached hydrogen (secondary N) is 4. The largest absolute Gasteiger partial charge is 0.338 e. The van der Waals surface area contributed by atoms with Crippen molar-refractivity contribution in [2.45, 2.75) is 19.8 Å². The van der Waals surface area contributed by atoms with Crippen LogP contribution in [0.15, 0.2) is 6.20 Å². The zero-order valence-electron chi connectivity index (χ0n) is 11.7. The second-order valence-electron chi connectivity index (χ2n) is 4.47. The quantitative estimate of drug-likeness (QED) is 0.484. The normalized spacial score (nSPS) is 11.3. The number of carbonyl (C=O) groups excluding carboxylic acids is 1. The molecular weight excluding hydrogens is 282 g/mol. The highest BCUT2D eigenvalue weighted by molar-refractivity contribution is 7.88. The van der Waals surface area contributed by atoms with Crippen LogP contribution in [0.3, 0.4) is 0 Å². The monoisotopic (exact) mass is 303 g/mol. The summed E-state index contributed by atoms with van der Waals surface area (Å²) in [5, 5.41) is 12.1. The number of aromatic nitrogens is 2. The van der Waals surface area contributed by atoms with E-state index in [0.717, 1.165) is 30.4 Å². The number of rotatable bonds is 8. The Balaban J connectivity index is 2.04. The van der Waals surface area contributed by atoms with Crippen LogP contribution in [0.4, 0.5) is 4.79 Å². The molecule has 0 aliphatic rings. The van der Waals surface area contributed by atoms with E-state index >= 15 is 0 Å². The lowest BCUT2D eigenvalue weighted by Gasteiger charge is -2.07. The van der Waals surface area contributed by atoms with Gasteiger partial charge < -0.3 is 10.6 Å². The summed E-state index contributed by atoms with van der Waals surface area (Å²) in [5.41, 5.74) is 2.19. The van der Waals surface area contributed by atoms with Crippen molar-refractivity contribution in [2.24, 2.45) is 0 Å². The Hall–Kier alpha value is -1.61. The van der Waals surface area contributed by atoms with E-state index in [4.69, 9.17) is 0 Å². The molecule has 1 aromatic heterocycles. The summed E-state index contributed by atoms with van der Waals surface area (Å²) in [6.07, 6.45) is 4.52. The molecule has 4 N–H and O–H groups in total. The summed E-state index contributed by atoms with van der Waals surface area (Å²) in [5.74, 6) is 0. The van der Waals surface area contributed by atoms with E-state index in [-0.39, 0.29) is 19.1 Å². The molecule has 1 heterocycles. The van der Waals surface area contributed by atoms with E-state index in [2.05, 4.69) is 25.6 Å². The molecular formula is C11H21N5O3S. The molecule has 0 bridgehead atoms.